The highest BCUT2D eigenvalue weighted by atomic mass is 16.6. The monoisotopic (exact) mass is 505 g/mol. The number of esters is 1. The summed E-state index contributed by atoms with van der Waals surface area (Å²) in [6, 6.07) is 5.65. The molecule has 2 aromatic heterocycles. The molecule has 0 saturated heterocycles. The van der Waals surface area contributed by atoms with Crippen LogP contribution in [-0.2, 0) is 34.7 Å². The number of nitrogens with one attached hydrogen (secondary N) is 1. The number of aromatic nitrogens is 2. The van der Waals surface area contributed by atoms with Crippen molar-refractivity contribution < 1.29 is 24.1 Å². The zero-order valence-corrected chi connectivity index (χ0v) is 21.3. The summed E-state index contributed by atoms with van der Waals surface area (Å²) >= 11 is 0. The summed E-state index contributed by atoms with van der Waals surface area (Å²) < 4.78 is 18.6. The molecule has 9 heteroatoms. The van der Waals surface area contributed by atoms with E-state index in [2.05, 4.69) is 19.2 Å². The van der Waals surface area contributed by atoms with Crippen LogP contribution in [0.3, 0.4) is 0 Å². The van der Waals surface area contributed by atoms with Crippen molar-refractivity contribution in [2.45, 2.75) is 52.4 Å². The molecule has 0 bridgehead atoms. The largest absolute Gasteiger partial charge is 0.486 e. The molecule has 0 aliphatic carbocycles. The molecule has 1 atom stereocenters. The normalized spacial score (nSPS) is 19.5. The van der Waals surface area contributed by atoms with Crippen LogP contribution in [0.15, 0.2) is 23.0 Å². The summed E-state index contributed by atoms with van der Waals surface area (Å²) in [5.74, 6) is 1.16. The van der Waals surface area contributed by atoms with Crippen LogP contribution < -0.4 is 20.3 Å². The molecule has 2 N–H and O–H groups in total. The van der Waals surface area contributed by atoms with E-state index in [1.54, 1.807) is 17.6 Å². The number of hydrogen-bond donors (Lipinski definition) is 2. The van der Waals surface area contributed by atoms with Crippen molar-refractivity contribution in [3.8, 4) is 22.9 Å². The average Bonchev–Trinajstić information content (AvgIpc) is 3.26. The second-order valence-electron chi connectivity index (χ2n) is 10.4. The highest BCUT2D eigenvalue weighted by Crippen LogP contribution is 2.42. The van der Waals surface area contributed by atoms with Crippen molar-refractivity contribution in [3.63, 3.8) is 0 Å². The van der Waals surface area contributed by atoms with Gasteiger partial charge < -0.3 is 29.2 Å². The van der Waals surface area contributed by atoms with Gasteiger partial charge in [0.2, 0.25) is 0 Å². The molecule has 9 nitrogen and oxygen atoms in total. The lowest BCUT2D eigenvalue weighted by Crippen LogP contribution is -2.44. The lowest BCUT2D eigenvalue weighted by Gasteiger charge is -2.31. The molecule has 0 spiro atoms. The molecule has 5 heterocycles. The summed E-state index contributed by atoms with van der Waals surface area (Å²) in [5, 5.41) is 15.7. The fourth-order valence-corrected chi connectivity index (χ4v) is 5.59. The first-order valence-corrected chi connectivity index (χ1v) is 12.9. The predicted octanol–water partition coefficient (Wildman–Crippen LogP) is 2.64. The third-order valence-electron chi connectivity index (χ3n) is 7.57. The predicted molar refractivity (Wildman–Crippen MR) is 137 cm³/mol. The maximum Gasteiger partial charge on any atom is 0.343 e. The van der Waals surface area contributed by atoms with Crippen molar-refractivity contribution in [1.82, 2.24) is 14.9 Å². The number of carbonyl (C=O) groups excluding carboxylic acids is 1. The van der Waals surface area contributed by atoms with Gasteiger partial charge in [0.25, 0.3) is 5.56 Å². The van der Waals surface area contributed by atoms with E-state index in [0.717, 1.165) is 41.5 Å². The van der Waals surface area contributed by atoms with Gasteiger partial charge in [-0.2, -0.15) is 0 Å². The molecule has 37 heavy (non-hydrogen) atoms. The number of nitrogens with zero attached hydrogens (tertiary/aromatic N) is 2. The summed E-state index contributed by atoms with van der Waals surface area (Å²) in [6.07, 6.45) is 0.854. The van der Waals surface area contributed by atoms with Crippen LogP contribution in [0.4, 0.5) is 0 Å². The highest BCUT2D eigenvalue weighted by Gasteiger charge is 2.45. The summed E-state index contributed by atoms with van der Waals surface area (Å²) in [7, 11) is 0. The van der Waals surface area contributed by atoms with Gasteiger partial charge in [-0.15, -0.1) is 0 Å². The molecule has 0 amide bonds. The Labute approximate surface area is 214 Å². The van der Waals surface area contributed by atoms with E-state index < -0.39 is 11.6 Å². The van der Waals surface area contributed by atoms with Gasteiger partial charge in [-0.25, -0.2) is 9.78 Å². The number of fused-ring (bicyclic) bond motifs is 6. The van der Waals surface area contributed by atoms with E-state index in [-0.39, 0.29) is 18.6 Å². The Kier molecular flexibility index (Phi) is 5.72. The molecule has 6 rings (SSSR count). The van der Waals surface area contributed by atoms with E-state index in [1.807, 2.05) is 12.1 Å². The Morgan fingerprint density at radius 1 is 1.11 bits per heavy atom. The minimum atomic E-state index is -1.85. The number of cyclic esters (lactones) is 1. The molecule has 0 fully saturated rings. The Morgan fingerprint density at radius 3 is 2.59 bits per heavy atom. The first-order valence-electron chi connectivity index (χ1n) is 12.9. The van der Waals surface area contributed by atoms with Crippen molar-refractivity contribution in [1.29, 1.82) is 0 Å². The van der Waals surface area contributed by atoms with E-state index >= 15 is 0 Å². The van der Waals surface area contributed by atoms with Gasteiger partial charge in [0, 0.05) is 22.6 Å². The Balaban J connectivity index is 1.54. The number of ether oxygens (including phenoxy) is 3. The first-order chi connectivity index (χ1) is 17.8. The van der Waals surface area contributed by atoms with Crippen LogP contribution in [0.2, 0.25) is 0 Å². The molecule has 3 aliphatic heterocycles. The van der Waals surface area contributed by atoms with Crippen molar-refractivity contribution in [3.05, 3.63) is 50.8 Å². The van der Waals surface area contributed by atoms with Crippen LogP contribution in [0.25, 0.3) is 22.3 Å². The zero-order chi connectivity index (χ0) is 25.9. The van der Waals surface area contributed by atoms with Crippen LogP contribution in [0.1, 0.15) is 49.4 Å². The van der Waals surface area contributed by atoms with E-state index in [4.69, 9.17) is 19.2 Å². The highest BCUT2D eigenvalue weighted by molar-refractivity contribution is 5.91. The average molecular weight is 506 g/mol. The Hall–Kier alpha value is -3.43. The van der Waals surface area contributed by atoms with Crippen LogP contribution >= 0.6 is 0 Å². The number of hydrogen-bond acceptors (Lipinski definition) is 8. The summed E-state index contributed by atoms with van der Waals surface area (Å²) in [4.78, 5) is 31.1. The molecular weight excluding hydrogens is 474 g/mol. The number of carbonyl (C=O) groups is 1. The molecule has 0 saturated carbocycles. The molecule has 194 valence electrons. The second-order valence-corrected chi connectivity index (χ2v) is 10.4. The first kappa shape index (κ1) is 23.9. The lowest BCUT2D eigenvalue weighted by atomic mass is 9.86. The Bertz CT molecular complexity index is 1490. The SMILES string of the molecule is CC[C@@]1(O)C(=O)OCc2c1cc1n(c2=O)Cc2c-1nc1cc3c(cc1c2CCNCC(C)C)OCCO3. The third-order valence-corrected chi connectivity index (χ3v) is 7.57. The van der Waals surface area contributed by atoms with Gasteiger partial charge in [0.05, 0.1) is 29.0 Å². The number of benzene rings is 1. The summed E-state index contributed by atoms with van der Waals surface area (Å²) in [5.41, 5.74) is 2.66. The van der Waals surface area contributed by atoms with Crippen molar-refractivity contribution >= 4 is 16.9 Å². The number of aliphatic hydroxyl groups is 1. The van der Waals surface area contributed by atoms with Crippen molar-refractivity contribution in [2.24, 2.45) is 5.92 Å². The fourth-order valence-electron chi connectivity index (χ4n) is 5.59. The minimum absolute atomic E-state index is 0.107. The molecule has 0 unspecified atom stereocenters. The van der Waals surface area contributed by atoms with Gasteiger partial charge in [-0.05, 0) is 49.5 Å². The van der Waals surface area contributed by atoms with E-state index in [1.165, 1.54) is 0 Å². The van der Waals surface area contributed by atoms with Crippen LogP contribution in [0, 0.1) is 5.92 Å². The Morgan fingerprint density at radius 2 is 1.86 bits per heavy atom. The van der Waals surface area contributed by atoms with Crippen LogP contribution in [0.5, 0.6) is 11.5 Å². The van der Waals surface area contributed by atoms with E-state index in [9.17, 15) is 14.7 Å². The van der Waals surface area contributed by atoms with Gasteiger partial charge in [0.15, 0.2) is 17.1 Å². The minimum Gasteiger partial charge on any atom is -0.486 e. The van der Waals surface area contributed by atoms with Gasteiger partial charge in [-0.3, -0.25) is 4.79 Å². The molecular formula is C28H31N3O6. The quantitative estimate of drug-likeness (QED) is 0.304. The standard InChI is InChI=1S/C28H31N3O6/c1-4-28(34)20-10-22-25-18(13-31(22)26(32)19(20)14-37-27(28)33)16(5-6-29-12-15(2)3)17-9-23-24(11-21(17)30-25)36-8-7-35-23/h9-11,15,29,34H,4-8,12-14H2,1-3H3/t28-/m0/s1. The summed E-state index contributed by atoms with van der Waals surface area (Å²) in [6.45, 7) is 8.93. The van der Waals surface area contributed by atoms with Gasteiger partial charge >= 0.3 is 5.97 Å². The smallest absolute Gasteiger partial charge is 0.343 e. The number of pyridine rings is 2. The third kappa shape index (κ3) is 3.71. The second kappa shape index (κ2) is 8.85. The lowest BCUT2D eigenvalue weighted by molar-refractivity contribution is -0.172. The zero-order valence-electron chi connectivity index (χ0n) is 21.3. The van der Waals surface area contributed by atoms with Gasteiger partial charge in [0.1, 0.15) is 19.8 Å². The maximum absolute atomic E-state index is 13.6. The van der Waals surface area contributed by atoms with Gasteiger partial charge in [-0.1, -0.05) is 20.8 Å². The topological polar surface area (TPSA) is 112 Å². The maximum atomic E-state index is 13.6. The molecule has 3 aliphatic rings. The fraction of sp³-hybridized carbons (Fsp3) is 0.464. The number of rotatable bonds is 6. The molecule has 3 aromatic rings. The molecule has 1 aromatic carbocycles. The van der Waals surface area contributed by atoms with Crippen LogP contribution in [-0.4, -0.2) is 46.9 Å². The van der Waals surface area contributed by atoms with E-state index in [0.29, 0.717) is 59.7 Å². The molecule has 0 radical (unpaired) electrons. The van der Waals surface area contributed by atoms with Crippen molar-refractivity contribution in [2.75, 3.05) is 26.3 Å².